The molecule has 3 N–H and O–H groups in total. The van der Waals surface area contributed by atoms with Gasteiger partial charge in [0, 0.05) is 29.8 Å². The molecule has 1 aliphatic heterocycles. The number of halogens is 1. The Bertz CT molecular complexity index is 764. The highest BCUT2D eigenvalue weighted by Crippen LogP contribution is 2.23. The van der Waals surface area contributed by atoms with Crippen LogP contribution in [0.5, 0.6) is 0 Å². The fourth-order valence-electron chi connectivity index (χ4n) is 2.70. The van der Waals surface area contributed by atoms with E-state index in [0.717, 1.165) is 12.8 Å². The summed E-state index contributed by atoms with van der Waals surface area (Å²) in [6, 6.07) is 1.13. The Labute approximate surface area is 162 Å². The van der Waals surface area contributed by atoms with E-state index in [0.29, 0.717) is 17.4 Å². The van der Waals surface area contributed by atoms with Crippen LogP contribution in [0.2, 0.25) is 0 Å². The van der Waals surface area contributed by atoms with E-state index < -0.39 is 21.7 Å². The third-order valence-corrected chi connectivity index (χ3v) is 5.79. The molecule has 2 rings (SSSR count). The molecule has 8 nitrogen and oxygen atoms in total. The molecule has 0 aliphatic carbocycles. The van der Waals surface area contributed by atoms with Crippen LogP contribution >= 0.6 is 15.9 Å². The molecule has 10 heteroatoms. The lowest BCUT2D eigenvalue weighted by Gasteiger charge is -2.36. The number of aromatic nitrogens is 1. The van der Waals surface area contributed by atoms with Gasteiger partial charge in [-0.05, 0) is 62.0 Å². The summed E-state index contributed by atoms with van der Waals surface area (Å²) in [6.45, 7) is 6.04. The number of carbonyl (C=O) groups is 1. The SMILES string of the molecule is CC(C)(C)OC(=O)N1CCCCC1CNS(=O)(=O)c1cc(Br)cnc1N. The molecule has 1 unspecified atom stereocenters. The first kappa shape index (κ1) is 20.9. The summed E-state index contributed by atoms with van der Waals surface area (Å²) in [7, 11) is -3.84. The summed E-state index contributed by atoms with van der Waals surface area (Å²) in [5.41, 5.74) is 5.09. The second-order valence-electron chi connectivity index (χ2n) is 7.21. The minimum atomic E-state index is -3.84. The number of rotatable bonds is 4. The number of nitrogens with zero attached hydrogens (tertiary/aromatic N) is 2. The molecule has 1 amide bonds. The smallest absolute Gasteiger partial charge is 0.410 e. The second-order valence-corrected chi connectivity index (χ2v) is 9.86. The first-order chi connectivity index (χ1) is 12.0. The number of amides is 1. The molecule has 0 spiro atoms. The molecule has 1 saturated heterocycles. The minimum absolute atomic E-state index is 0.0756. The van der Waals surface area contributed by atoms with Crippen molar-refractivity contribution in [3.63, 3.8) is 0 Å². The molecule has 1 atom stereocenters. The minimum Gasteiger partial charge on any atom is -0.444 e. The molecular weight excluding hydrogens is 424 g/mol. The maximum absolute atomic E-state index is 12.6. The predicted molar refractivity (Wildman–Crippen MR) is 102 cm³/mol. The van der Waals surface area contributed by atoms with Gasteiger partial charge in [-0.2, -0.15) is 0 Å². The number of carbonyl (C=O) groups excluding carboxylic acids is 1. The van der Waals surface area contributed by atoms with Crippen molar-refractivity contribution in [2.24, 2.45) is 0 Å². The summed E-state index contributed by atoms with van der Waals surface area (Å²) in [5.74, 6) is -0.0756. The Balaban J connectivity index is 2.10. The van der Waals surface area contributed by atoms with Gasteiger partial charge in [-0.15, -0.1) is 0 Å². The van der Waals surface area contributed by atoms with Crippen molar-refractivity contribution in [2.75, 3.05) is 18.8 Å². The van der Waals surface area contributed by atoms with Crippen molar-refractivity contribution in [1.82, 2.24) is 14.6 Å². The molecule has 0 aromatic carbocycles. The van der Waals surface area contributed by atoms with Crippen LogP contribution in [0, 0.1) is 0 Å². The molecule has 1 aromatic rings. The van der Waals surface area contributed by atoms with E-state index in [1.54, 1.807) is 25.7 Å². The fourth-order valence-corrected chi connectivity index (χ4v) is 4.36. The van der Waals surface area contributed by atoms with Gasteiger partial charge in [-0.25, -0.2) is 22.9 Å². The van der Waals surface area contributed by atoms with E-state index in [2.05, 4.69) is 25.6 Å². The van der Waals surface area contributed by atoms with E-state index in [9.17, 15) is 13.2 Å². The maximum Gasteiger partial charge on any atom is 0.410 e. The average Bonchev–Trinajstić information content (AvgIpc) is 2.54. The highest BCUT2D eigenvalue weighted by molar-refractivity contribution is 9.10. The third kappa shape index (κ3) is 5.55. The van der Waals surface area contributed by atoms with E-state index in [4.69, 9.17) is 10.5 Å². The highest BCUT2D eigenvalue weighted by atomic mass is 79.9. The van der Waals surface area contributed by atoms with Gasteiger partial charge in [-0.1, -0.05) is 0 Å². The van der Waals surface area contributed by atoms with Gasteiger partial charge in [0.15, 0.2) is 0 Å². The van der Waals surface area contributed by atoms with Gasteiger partial charge in [0.2, 0.25) is 10.0 Å². The van der Waals surface area contributed by atoms with Crippen molar-refractivity contribution in [3.05, 3.63) is 16.7 Å². The lowest BCUT2D eigenvalue weighted by Crippen LogP contribution is -2.50. The number of hydrogen-bond acceptors (Lipinski definition) is 6. The molecular formula is C16H25BrN4O4S. The van der Waals surface area contributed by atoms with Gasteiger partial charge < -0.3 is 15.4 Å². The van der Waals surface area contributed by atoms with Crippen LogP contribution < -0.4 is 10.5 Å². The molecule has 0 radical (unpaired) electrons. The Hall–Kier alpha value is -1.39. The van der Waals surface area contributed by atoms with E-state index >= 15 is 0 Å². The predicted octanol–water partition coefficient (Wildman–Crippen LogP) is 2.49. The summed E-state index contributed by atoms with van der Waals surface area (Å²) in [5, 5.41) is 0. The summed E-state index contributed by atoms with van der Waals surface area (Å²) in [6.07, 6.45) is 3.50. The number of ether oxygens (including phenoxy) is 1. The molecule has 1 aliphatic rings. The fraction of sp³-hybridized carbons (Fsp3) is 0.625. The van der Waals surface area contributed by atoms with Crippen LogP contribution in [-0.2, 0) is 14.8 Å². The number of hydrogen-bond donors (Lipinski definition) is 2. The molecule has 1 fully saturated rings. The number of nitrogens with one attached hydrogen (secondary N) is 1. The first-order valence-corrected chi connectivity index (χ1v) is 10.7. The summed E-state index contributed by atoms with van der Waals surface area (Å²) >= 11 is 3.19. The highest BCUT2D eigenvalue weighted by Gasteiger charge is 2.31. The van der Waals surface area contributed by atoms with Gasteiger partial charge in [0.05, 0.1) is 0 Å². The molecule has 0 bridgehead atoms. The largest absolute Gasteiger partial charge is 0.444 e. The summed E-state index contributed by atoms with van der Waals surface area (Å²) < 4.78 is 33.6. The van der Waals surface area contributed by atoms with Crippen molar-refractivity contribution in [1.29, 1.82) is 0 Å². The number of sulfonamides is 1. The monoisotopic (exact) mass is 448 g/mol. The third-order valence-electron chi connectivity index (χ3n) is 3.90. The van der Waals surface area contributed by atoms with Gasteiger partial charge >= 0.3 is 6.09 Å². The number of piperidine rings is 1. The van der Waals surface area contributed by atoms with Gasteiger partial charge in [0.25, 0.3) is 0 Å². The topological polar surface area (TPSA) is 115 Å². The standard InChI is InChI=1S/C16H25BrN4O4S/c1-16(2,3)25-15(22)21-7-5-4-6-12(21)10-20-26(23,24)13-8-11(17)9-19-14(13)18/h8-9,12,20H,4-7,10H2,1-3H3,(H2,18,19). The van der Waals surface area contributed by atoms with Crippen molar-refractivity contribution in [3.8, 4) is 0 Å². The maximum atomic E-state index is 12.6. The zero-order valence-electron chi connectivity index (χ0n) is 15.2. The number of likely N-dealkylation sites (tertiary alicyclic amines) is 1. The Morgan fingerprint density at radius 2 is 2.15 bits per heavy atom. The number of pyridine rings is 1. The van der Waals surface area contributed by atoms with E-state index in [1.807, 2.05) is 0 Å². The van der Waals surface area contributed by atoms with Crippen LogP contribution in [0.25, 0.3) is 0 Å². The van der Waals surface area contributed by atoms with Crippen molar-refractivity contribution >= 4 is 37.9 Å². The van der Waals surface area contributed by atoms with E-state index in [-0.39, 0.29) is 23.3 Å². The molecule has 26 heavy (non-hydrogen) atoms. The quantitative estimate of drug-likeness (QED) is 0.730. The van der Waals surface area contributed by atoms with Crippen LogP contribution in [0.15, 0.2) is 21.6 Å². The average molecular weight is 449 g/mol. The molecule has 0 saturated carbocycles. The molecule has 1 aromatic heterocycles. The normalized spacial score (nSPS) is 18.6. The van der Waals surface area contributed by atoms with Crippen LogP contribution in [0.3, 0.4) is 0 Å². The zero-order chi connectivity index (χ0) is 19.5. The Kier molecular flexibility index (Phi) is 6.51. The summed E-state index contributed by atoms with van der Waals surface area (Å²) in [4.78, 5) is 17.8. The Morgan fingerprint density at radius 3 is 2.81 bits per heavy atom. The number of nitrogens with two attached hydrogens (primary N) is 1. The van der Waals surface area contributed by atoms with Crippen molar-refractivity contribution in [2.45, 2.75) is 56.6 Å². The van der Waals surface area contributed by atoms with Crippen LogP contribution in [0.1, 0.15) is 40.0 Å². The second kappa shape index (κ2) is 8.10. The van der Waals surface area contributed by atoms with E-state index in [1.165, 1.54) is 12.3 Å². The number of nitrogen functional groups attached to an aromatic ring is 1. The number of anilines is 1. The van der Waals surface area contributed by atoms with Crippen LogP contribution in [0.4, 0.5) is 10.6 Å². The lowest BCUT2D eigenvalue weighted by molar-refractivity contribution is 0.0105. The van der Waals surface area contributed by atoms with Gasteiger partial charge in [0.1, 0.15) is 16.3 Å². The first-order valence-electron chi connectivity index (χ1n) is 8.40. The van der Waals surface area contributed by atoms with Gasteiger partial charge in [-0.3, -0.25) is 0 Å². The zero-order valence-corrected chi connectivity index (χ0v) is 17.6. The lowest BCUT2D eigenvalue weighted by atomic mass is 10.0. The van der Waals surface area contributed by atoms with Crippen LogP contribution in [-0.4, -0.2) is 49.1 Å². The molecule has 2 heterocycles. The van der Waals surface area contributed by atoms with Crippen molar-refractivity contribution < 1.29 is 17.9 Å². The Morgan fingerprint density at radius 1 is 1.46 bits per heavy atom. The molecule has 146 valence electrons.